The van der Waals surface area contributed by atoms with Gasteiger partial charge in [0, 0.05) is 37.9 Å². The molecule has 0 saturated carbocycles. The fraction of sp³-hybridized carbons (Fsp3) is 0.345. The minimum absolute atomic E-state index is 0.0819. The van der Waals surface area contributed by atoms with Crippen LogP contribution in [0.4, 0.5) is 5.82 Å². The topological polar surface area (TPSA) is 95.0 Å². The molecule has 8 nitrogen and oxygen atoms in total. The first-order valence-electron chi connectivity index (χ1n) is 12.7. The zero-order valence-electron chi connectivity index (χ0n) is 21.0. The van der Waals surface area contributed by atoms with Crippen molar-refractivity contribution in [2.75, 3.05) is 44.3 Å². The monoisotopic (exact) mass is 500 g/mol. The molecule has 2 atom stereocenters. The van der Waals surface area contributed by atoms with Crippen LogP contribution in [0, 0.1) is 6.92 Å². The van der Waals surface area contributed by atoms with E-state index in [-0.39, 0.29) is 18.4 Å². The van der Waals surface area contributed by atoms with Crippen LogP contribution in [0.25, 0.3) is 0 Å². The van der Waals surface area contributed by atoms with Gasteiger partial charge in [0.25, 0.3) is 5.91 Å². The van der Waals surface area contributed by atoms with Crippen molar-refractivity contribution in [3.63, 3.8) is 0 Å². The molecule has 2 amide bonds. The van der Waals surface area contributed by atoms with Gasteiger partial charge in [0.2, 0.25) is 5.91 Å². The molecule has 0 aliphatic carbocycles. The van der Waals surface area contributed by atoms with Gasteiger partial charge in [-0.3, -0.25) is 19.4 Å². The van der Waals surface area contributed by atoms with Gasteiger partial charge in [-0.2, -0.15) is 0 Å². The number of aliphatic hydroxyl groups excluding tert-OH is 1. The minimum Gasteiger partial charge on any atom is -0.392 e. The summed E-state index contributed by atoms with van der Waals surface area (Å²) in [7, 11) is 0. The number of ether oxygens (including phenoxy) is 1. The second kappa shape index (κ2) is 11.2. The summed E-state index contributed by atoms with van der Waals surface area (Å²) >= 11 is 0. The third-order valence-electron chi connectivity index (χ3n) is 7.10. The van der Waals surface area contributed by atoms with Crippen LogP contribution in [-0.2, 0) is 16.1 Å². The Labute approximate surface area is 216 Å². The molecular formula is C29H32N4O4. The number of nitrogens with zero attached hydrogens (tertiary/aromatic N) is 3. The predicted molar refractivity (Wildman–Crippen MR) is 140 cm³/mol. The molecule has 3 heterocycles. The average molecular weight is 501 g/mol. The Hall–Kier alpha value is -3.59. The van der Waals surface area contributed by atoms with Crippen LogP contribution in [0.2, 0.25) is 0 Å². The Kier molecular flexibility index (Phi) is 7.60. The third kappa shape index (κ3) is 5.27. The summed E-state index contributed by atoms with van der Waals surface area (Å²) < 4.78 is 5.42. The van der Waals surface area contributed by atoms with Crippen molar-refractivity contribution in [2.45, 2.75) is 25.5 Å². The first-order chi connectivity index (χ1) is 18.1. The van der Waals surface area contributed by atoms with E-state index in [0.29, 0.717) is 36.7 Å². The highest BCUT2D eigenvalue weighted by atomic mass is 16.5. The van der Waals surface area contributed by atoms with Crippen molar-refractivity contribution in [1.29, 1.82) is 0 Å². The Morgan fingerprint density at radius 2 is 1.84 bits per heavy atom. The summed E-state index contributed by atoms with van der Waals surface area (Å²) in [5.74, 6) is -0.476. The second-order valence-electron chi connectivity index (χ2n) is 9.52. The maximum atomic E-state index is 13.9. The first kappa shape index (κ1) is 25.1. The van der Waals surface area contributed by atoms with Gasteiger partial charge in [0.15, 0.2) is 0 Å². The van der Waals surface area contributed by atoms with Gasteiger partial charge in [0.1, 0.15) is 5.82 Å². The molecule has 2 aliphatic heterocycles. The SMILES string of the molecule is Cc1ccc(N2C(=O)c3ccccc3[C@@H](C(=O)NCCN3CCOCC3)[C@@H]2c2ccc(CO)cc2)nc1. The molecule has 0 bridgehead atoms. The maximum Gasteiger partial charge on any atom is 0.260 e. The molecule has 2 N–H and O–H groups in total. The number of rotatable bonds is 7. The lowest BCUT2D eigenvalue weighted by atomic mass is 9.79. The first-order valence-corrected chi connectivity index (χ1v) is 12.7. The predicted octanol–water partition coefficient (Wildman–Crippen LogP) is 2.82. The number of morpholine rings is 1. The molecule has 1 fully saturated rings. The lowest BCUT2D eigenvalue weighted by Gasteiger charge is -2.41. The zero-order valence-corrected chi connectivity index (χ0v) is 21.0. The van der Waals surface area contributed by atoms with Gasteiger partial charge in [-0.15, -0.1) is 0 Å². The van der Waals surface area contributed by atoms with Crippen molar-refractivity contribution in [3.8, 4) is 0 Å². The van der Waals surface area contributed by atoms with Crippen molar-refractivity contribution in [3.05, 3.63) is 94.7 Å². The van der Waals surface area contributed by atoms with E-state index in [1.165, 1.54) is 0 Å². The molecule has 2 aliphatic rings. The minimum atomic E-state index is -0.637. The van der Waals surface area contributed by atoms with Crippen LogP contribution in [0.3, 0.4) is 0 Å². The van der Waals surface area contributed by atoms with E-state index in [2.05, 4.69) is 15.2 Å². The second-order valence-corrected chi connectivity index (χ2v) is 9.52. The summed E-state index contributed by atoms with van der Waals surface area (Å²) in [5.41, 5.74) is 3.75. The summed E-state index contributed by atoms with van der Waals surface area (Å²) in [6.45, 7) is 6.22. The number of nitrogens with one attached hydrogen (secondary N) is 1. The molecular weight excluding hydrogens is 468 g/mol. The highest BCUT2D eigenvalue weighted by Gasteiger charge is 2.45. The van der Waals surface area contributed by atoms with Crippen molar-refractivity contribution in [1.82, 2.24) is 15.2 Å². The van der Waals surface area contributed by atoms with E-state index in [1.54, 1.807) is 17.2 Å². The Balaban J connectivity index is 1.54. The number of pyridine rings is 1. The molecule has 5 rings (SSSR count). The molecule has 3 aromatic rings. The van der Waals surface area contributed by atoms with Gasteiger partial charge in [-0.1, -0.05) is 48.5 Å². The molecule has 0 unspecified atom stereocenters. The van der Waals surface area contributed by atoms with Gasteiger partial charge in [0.05, 0.1) is 31.8 Å². The van der Waals surface area contributed by atoms with E-state index in [4.69, 9.17) is 4.74 Å². The standard InChI is InChI=1S/C29H32N4O4/c1-20-6-11-25(31-18-20)33-27(22-9-7-21(19-34)8-10-22)26(23-4-2-3-5-24(23)29(33)36)28(35)30-12-13-32-14-16-37-17-15-32/h2-11,18,26-27,34H,12-17,19H2,1H3,(H,30,35)/t26-,27+/m1/s1. The molecule has 37 heavy (non-hydrogen) atoms. The van der Waals surface area contributed by atoms with Crippen LogP contribution in [0.15, 0.2) is 66.9 Å². The largest absolute Gasteiger partial charge is 0.392 e. The molecule has 8 heteroatoms. The molecule has 1 aromatic heterocycles. The van der Waals surface area contributed by atoms with Gasteiger partial charge in [-0.05, 0) is 41.3 Å². The molecule has 2 aromatic carbocycles. The number of fused-ring (bicyclic) bond motifs is 1. The van der Waals surface area contributed by atoms with Crippen LogP contribution < -0.4 is 10.2 Å². The lowest BCUT2D eigenvalue weighted by Crippen LogP contribution is -2.49. The zero-order chi connectivity index (χ0) is 25.8. The highest BCUT2D eigenvalue weighted by molar-refractivity contribution is 6.11. The Bertz CT molecular complexity index is 1240. The number of benzene rings is 2. The Morgan fingerprint density at radius 1 is 1.08 bits per heavy atom. The van der Waals surface area contributed by atoms with Crippen LogP contribution in [0.5, 0.6) is 0 Å². The fourth-order valence-corrected chi connectivity index (χ4v) is 5.11. The Morgan fingerprint density at radius 3 is 2.54 bits per heavy atom. The summed E-state index contributed by atoms with van der Waals surface area (Å²) in [6.07, 6.45) is 1.73. The van der Waals surface area contributed by atoms with E-state index in [9.17, 15) is 14.7 Å². The summed E-state index contributed by atoms with van der Waals surface area (Å²) in [5, 5.41) is 12.7. The van der Waals surface area contributed by atoms with E-state index < -0.39 is 12.0 Å². The molecule has 192 valence electrons. The number of amides is 2. The quantitative estimate of drug-likeness (QED) is 0.518. The number of anilines is 1. The number of aliphatic hydroxyl groups is 1. The highest BCUT2D eigenvalue weighted by Crippen LogP contribution is 2.44. The molecule has 1 saturated heterocycles. The maximum absolute atomic E-state index is 13.9. The van der Waals surface area contributed by atoms with Crippen LogP contribution in [-0.4, -0.2) is 66.2 Å². The summed E-state index contributed by atoms with van der Waals surface area (Å²) in [6, 6.07) is 17.9. The lowest BCUT2D eigenvalue weighted by molar-refractivity contribution is -0.123. The average Bonchev–Trinajstić information content (AvgIpc) is 2.94. The number of aryl methyl sites for hydroxylation is 1. The fourth-order valence-electron chi connectivity index (χ4n) is 5.11. The number of carbonyl (C=O) groups excluding carboxylic acids is 2. The third-order valence-corrected chi connectivity index (χ3v) is 7.10. The van der Waals surface area contributed by atoms with Crippen molar-refractivity contribution in [2.24, 2.45) is 0 Å². The summed E-state index contributed by atoms with van der Waals surface area (Å²) in [4.78, 5) is 36.3. The normalized spacial score (nSPS) is 19.9. The van der Waals surface area contributed by atoms with Crippen LogP contribution >= 0.6 is 0 Å². The van der Waals surface area contributed by atoms with Crippen LogP contribution in [0.1, 0.15) is 44.6 Å². The number of carbonyl (C=O) groups is 2. The van der Waals surface area contributed by atoms with Gasteiger partial charge < -0.3 is 15.2 Å². The van der Waals surface area contributed by atoms with E-state index >= 15 is 0 Å². The molecule has 0 radical (unpaired) electrons. The van der Waals surface area contributed by atoms with E-state index in [1.807, 2.05) is 61.5 Å². The van der Waals surface area contributed by atoms with E-state index in [0.717, 1.165) is 36.3 Å². The smallest absolute Gasteiger partial charge is 0.260 e. The number of hydrogen-bond donors (Lipinski definition) is 2. The van der Waals surface area contributed by atoms with Crippen molar-refractivity contribution >= 4 is 17.6 Å². The molecule has 0 spiro atoms. The van der Waals surface area contributed by atoms with Crippen molar-refractivity contribution < 1.29 is 19.4 Å². The van der Waals surface area contributed by atoms with Gasteiger partial charge >= 0.3 is 0 Å². The number of aromatic nitrogens is 1. The van der Waals surface area contributed by atoms with Gasteiger partial charge in [-0.25, -0.2) is 4.98 Å². The number of hydrogen-bond acceptors (Lipinski definition) is 6.